The zero-order valence-corrected chi connectivity index (χ0v) is 20.3. The number of pyridine rings is 1. The molecule has 1 amide bonds. The fourth-order valence-electron chi connectivity index (χ4n) is 4.68. The van der Waals surface area contributed by atoms with Gasteiger partial charge in [0.15, 0.2) is 11.4 Å². The second-order valence-corrected chi connectivity index (χ2v) is 8.93. The maximum atomic E-state index is 13.9. The molecule has 6 rings (SSSR count). The van der Waals surface area contributed by atoms with Crippen LogP contribution in [0, 0.1) is 6.92 Å². The monoisotopic (exact) mass is 512 g/mol. The number of rotatable bonds is 7. The highest BCUT2D eigenvalue weighted by molar-refractivity contribution is 5.92. The standard InChI is InChI=1S/C28H22F2N6O2/c1-17-26-22(27(29)30)12-23(24-10-5-11-38-24)33-28(26)36(34-17)16-25(37)32-20-13-31-35(15-20)14-19-8-4-7-18-6-2-3-9-21(18)19/h2-13,15,27H,14,16H2,1H3,(H,32,37). The number of aryl methyl sites for hydroxylation is 1. The SMILES string of the molecule is Cc1nn(CC(=O)Nc2cnn(Cc3cccc4ccccc34)c2)c2nc(-c3ccco3)cc(C(F)F)c12. The summed E-state index contributed by atoms with van der Waals surface area (Å²) in [4.78, 5) is 17.4. The second kappa shape index (κ2) is 9.55. The molecule has 0 bridgehead atoms. The van der Waals surface area contributed by atoms with Crippen LogP contribution in [-0.2, 0) is 17.9 Å². The number of carbonyl (C=O) groups excluding carboxylic acids is 1. The predicted octanol–water partition coefficient (Wildman–Crippen LogP) is 5.97. The lowest BCUT2D eigenvalue weighted by atomic mass is 10.0. The maximum absolute atomic E-state index is 13.9. The summed E-state index contributed by atoms with van der Waals surface area (Å²) in [6.07, 6.45) is 2.01. The zero-order valence-electron chi connectivity index (χ0n) is 20.3. The zero-order chi connectivity index (χ0) is 26.2. The fraction of sp³-hybridized carbons (Fsp3) is 0.143. The average Bonchev–Trinajstić information content (AvgIpc) is 3.66. The van der Waals surface area contributed by atoms with Crippen molar-refractivity contribution in [2.75, 3.05) is 5.32 Å². The van der Waals surface area contributed by atoms with Crippen LogP contribution in [0.25, 0.3) is 33.3 Å². The Morgan fingerprint density at radius 2 is 1.95 bits per heavy atom. The van der Waals surface area contributed by atoms with Gasteiger partial charge in [-0.05, 0) is 41.5 Å². The van der Waals surface area contributed by atoms with Gasteiger partial charge in [0.05, 0.1) is 35.8 Å². The first-order valence-corrected chi connectivity index (χ1v) is 12.0. The van der Waals surface area contributed by atoms with E-state index < -0.39 is 6.43 Å². The number of aromatic nitrogens is 5. The quantitative estimate of drug-likeness (QED) is 0.284. The third-order valence-corrected chi connectivity index (χ3v) is 6.34. The molecule has 0 radical (unpaired) electrons. The Bertz CT molecular complexity index is 1770. The molecule has 0 aliphatic carbocycles. The minimum Gasteiger partial charge on any atom is -0.463 e. The van der Waals surface area contributed by atoms with Crippen molar-refractivity contribution in [2.45, 2.75) is 26.4 Å². The molecule has 8 nitrogen and oxygen atoms in total. The van der Waals surface area contributed by atoms with Crippen molar-refractivity contribution < 1.29 is 18.0 Å². The molecular formula is C28H22F2N6O2. The molecule has 6 aromatic rings. The lowest BCUT2D eigenvalue weighted by molar-refractivity contribution is -0.116. The van der Waals surface area contributed by atoms with Crippen molar-refractivity contribution in [1.82, 2.24) is 24.5 Å². The normalized spacial score (nSPS) is 11.6. The first-order valence-electron chi connectivity index (χ1n) is 12.0. The Balaban J connectivity index is 1.23. The molecule has 0 unspecified atom stereocenters. The summed E-state index contributed by atoms with van der Waals surface area (Å²) in [5.74, 6) is -0.0369. The maximum Gasteiger partial charge on any atom is 0.264 e. The highest BCUT2D eigenvalue weighted by Gasteiger charge is 2.22. The van der Waals surface area contributed by atoms with Crippen LogP contribution in [-0.4, -0.2) is 30.5 Å². The Morgan fingerprint density at radius 1 is 1.11 bits per heavy atom. The summed E-state index contributed by atoms with van der Waals surface area (Å²) in [5.41, 5.74) is 2.21. The van der Waals surface area contributed by atoms with Crippen LogP contribution >= 0.6 is 0 Å². The smallest absolute Gasteiger partial charge is 0.264 e. The van der Waals surface area contributed by atoms with Crippen LogP contribution in [0.1, 0.15) is 23.2 Å². The molecule has 2 aromatic carbocycles. The van der Waals surface area contributed by atoms with E-state index in [1.807, 2.05) is 24.3 Å². The molecule has 0 saturated carbocycles. The van der Waals surface area contributed by atoms with Crippen LogP contribution in [0.5, 0.6) is 0 Å². The van der Waals surface area contributed by atoms with Crippen molar-refractivity contribution in [2.24, 2.45) is 0 Å². The molecule has 190 valence electrons. The van der Waals surface area contributed by atoms with Crippen LogP contribution in [0.15, 0.2) is 83.7 Å². The van der Waals surface area contributed by atoms with E-state index in [2.05, 4.69) is 38.7 Å². The summed E-state index contributed by atoms with van der Waals surface area (Å²) >= 11 is 0. The molecule has 0 fully saturated rings. The molecule has 4 heterocycles. The number of nitrogens with zero attached hydrogens (tertiary/aromatic N) is 5. The van der Waals surface area contributed by atoms with Gasteiger partial charge in [0, 0.05) is 11.8 Å². The summed E-state index contributed by atoms with van der Waals surface area (Å²) < 4.78 is 36.3. The topological polar surface area (TPSA) is 90.8 Å². The molecular weight excluding hydrogens is 490 g/mol. The summed E-state index contributed by atoms with van der Waals surface area (Å²) in [7, 11) is 0. The highest BCUT2D eigenvalue weighted by Crippen LogP contribution is 2.33. The van der Waals surface area contributed by atoms with E-state index in [4.69, 9.17) is 4.42 Å². The van der Waals surface area contributed by atoms with E-state index in [1.54, 1.807) is 36.1 Å². The Labute approximate surface area is 215 Å². The summed E-state index contributed by atoms with van der Waals surface area (Å²) in [5, 5.41) is 14.0. The van der Waals surface area contributed by atoms with Gasteiger partial charge in [-0.3, -0.25) is 9.48 Å². The third kappa shape index (κ3) is 4.40. The van der Waals surface area contributed by atoms with Gasteiger partial charge in [-0.1, -0.05) is 42.5 Å². The Hall–Kier alpha value is -4.86. The Kier molecular flexibility index (Phi) is 5.91. The fourth-order valence-corrected chi connectivity index (χ4v) is 4.68. The van der Waals surface area contributed by atoms with E-state index in [1.165, 1.54) is 17.0 Å². The molecule has 0 saturated heterocycles. The van der Waals surface area contributed by atoms with Crippen LogP contribution in [0.4, 0.5) is 14.5 Å². The van der Waals surface area contributed by atoms with Crippen LogP contribution in [0.2, 0.25) is 0 Å². The second-order valence-electron chi connectivity index (χ2n) is 8.93. The van der Waals surface area contributed by atoms with Crippen molar-refractivity contribution in [3.63, 3.8) is 0 Å². The van der Waals surface area contributed by atoms with Crippen LogP contribution < -0.4 is 5.32 Å². The number of hydrogen-bond donors (Lipinski definition) is 1. The highest BCUT2D eigenvalue weighted by atomic mass is 19.3. The molecule has 0 atom stereocenters. The van der Waals surface area contributed by atoms with Gasteiger partial charge < -0.3 is 9.73 Å². The molecule has 0 aliphatic rings. The number of carbonyl (C=O) groups is 1. The predicted molar refractivity (Wildman–Crippen MR) is 139 cm³/mol. The number of anilines is 1. The number of amides is 1. The number of benzene rings is 2. The minimum atomic E-state index is -2.74. The molecule has 4 aromatic heterocycles. The summed E-state index contributed by atoms with van der Waals surface area (Å²) in [6, 6.07) is 18.8. The van der Waals surface area contributed by atoms with Gasteiger partial charge in [-0.25, -0.2) is 18.4 Å². The third-order valence-electron chi connectivity index (χ3n) is 6.34. The van der Waals surface area contributed by atoms with Gasteiger partial charge in [0.2, 0.25) is 5.91 Å². The van der Waals surface area contributed by atoms with Crippen molar-refractivity contribution in [1.29, 1.82) is 0 Å². The largest absolute Gasteiger partial charge is 0.463 e. The average molecular weight is 513 g/mol. The Morgan fingerprint density at radius 3 is 2.76 bits per heavy atom. The number of hydrogen-bond acceptors (Lipinski definition) is 5. The first-order chi connectivity index (χ1) is 18.5. The number of fused-ring (bicyclic) bond motifs is 2. The van der Waals surface area contributed by atoms with E-state index >= 15 is 0 Å². The molecule has 10 heteroatoms. The van der Waals surface area contributed by atoms with Gasteiger partial charge in [0.25, 0.3) is 6.43 Å². The molecule has 0 spiro atoms. The van der Waals surface area contributed by atoms with Gasteiger partial charge >= 0.3 is 0 Å². The minimum absolute atomic E-state index is 0.188. The van der Waals surface area contributed by atoms with Crippen LogP contribution in [0.3, 0.4) is 0 Å². The molecule has 0 aliphatic heterocycles. The molecule has 38 heavy (non-hydrogen) atoms. The number of alkyl halides is 2. The number of furan rings is 1. The van der Waals surface area contributed by atoms with E-state index in [0.29, 0.717) is 23.7 Å². The lowest BCUT2D eigenvalue weighted by Gasteiger charge is -2.08. The number of halogens is 2. The van der Waals surface area contributed by atoms with Crippen molar-refractivity contribution in [3.8, 4) is 11.5 Å². The number of nitrogens with one attached hydrogen (secondary N) is 1. The van der Waals surface area contributed by atoms with Crippen molar-refractivity contribution >= 4 is 33.4 Å². The van der Waals surface area contributed by atoms with E-state index in [9.17, 15) is 13.6 Å². The van der Waals surface area contributed by atoms with E-state index in [-0.39, 0.29) is 34.7 Å². The molecule has 1 N–H and O–H groups in total. The van der Waals surface area contributed by atoms with Gasteiger partial charge in [0.1, 0.15) is 12.2 Å². The van der Waals surface area contributed by atoms with E-state index in [0.717, 1.165) is 16.3 Å². The summed E-state index contributed by atoms with van der Waals surface area (Å²) in [6.45, 7) is 1.94. The van der Waals surface area contributed by atoms with Gasteiger partial charge in [-0.15, -0.1) is 0 Å². The first kappa shape index (κ1) is 23.5. The van der Waals surface area contributed by atoms with Gasteiger partial charge in [-0.2, -0.15) is 10.2 Å². The van der Waals surface area contributed by atoms with Crippen molar-refractivity contribution in [3.05, 3.63) is 96.1 Å². The lowest BCUT2D eigenvalue weighted by Crippen LogP contribution is -2.19.